The molecule has 0 radical (unpaired) electrons. The Labute approximate surface area is 128 Å². The molecule has 2 fully saturated rings. The number of hydrogen-bond acceptors (Lipinski definition) is 4. The Hall–Kier alpha value is -2.37. The van der Waals surface area contributed by atoms with Crippen molar-refractivity contribution >= 4 is 17.9 Å². The van der Waals surface area contributed by atoms with Crippen molar-refractivity contribution in [2.75, 3.05) is 6.54 Å². The van der Waals surface area contributed by atoms with Crippen LogP contribution in [0.1, 0.15) is 37.0 Å². The van der Waals surface area contributed by atoms with Gasteiger partial charge >= 0.3 is 6.09 Å². The van der Waals surface area contributed by atoms with E-state index in [9.17, 15) is 14.4 Å². The number of ether oxygens (including phenoxy) is 1. The molecule has 0 spiro atoms. The van der Waals surface area contributed by atoms with Gasteiger partial charge in [0.1, 0.15) is 12.1 Å². The van der Waals surface area contributed by atoms with E-state index in [2.05, 4.69) is 12.2 Å². The maximum Gasteiger partial charge on any atom is 0.411 e. The second-order valence-corrected chi connectivity index (χ2v) is 5.59. The minimum Gasteiger partial charge on any atom is -0.439 e. The van der Waals surface area contributed by atoms with Crippen molar-refractivity contribution in [3.63, 3.8) is 0 Å². The number of amides is 3. The molecule has 2 aliphatic heterocycles. The van der Waals surface area contributed by atoms with Gasteiger partial charge in [-0.05, 0) is 24.0 Å². The first kappa shape index (κ1) is 14.6. The van der Waals surface area contributed by atoms with Crippen molar-refractivity contribution in [2.45, 2.75) is 38.3 Å². The van der Waals surface area contributed by atoms with Crippen molar-refractivity contribution in [3.8, 4) is 0 Å². The average Bonchev–Trinajstić information content (AvgIpc) is 2.89. The Morgan fingerprint density at radius 3 is 2.86 bits per heavy atom. The SMILES string of the molecule is CCc1cccc([C@H]2CN(C3CCC(=O)NC3=O)C(=O)O2)c1. The molecular formula is C16H18N2O4. The van der Waals surface area contributed by atoms with Crippen molar-refractivity contribution in [1.82, 2.24) is 10.2 Å². The molecule has 116 valence electrons. The van der Waals surface area contributed by atoms with Gasteiger partial charge < -0.3 is 4.74 Å². The molecule has 3 rings (SSSR count). The lowest BCUT2D eigenvalue weighted by molar-refractivity contribution is -0.136. The Bertz CT molecular complexity index is 628. The quantitative estimate of drug-likeness (QED) is 0.860. The number of nitrogens with one attached hydrogen (secondary N) is 1. The van der Waals surface area contributed by atoms with E-state index in [4.69, 9.17) is 4.74 Å². The number of benzene rings is 1. The van der Waals surface area contributed by atoms with Gasteiger partial charge in [-0.25, -0.2) is 4.79 Å². The summed E-state index contributed by atoms with van der Waals surface area (Å²) in [6, 6.07) is 7.29. The standard InChI is InChI=1S/C16H18N2O4/c1-2-10-4-3-5-11(8-10)13-9-18(16(21)22-13)12-6-7-14(19)17-15(12)20/h3-5,8,12-13H,2,6-7,9H2,1H3,(H,17,19,20)/t12?,13-/m1/s1. The van der Waals surface area contributed by atoms with Gasteiger partial charge in [-0.3, -0.25) is 19.8 Å². The molecule has 3 amide bonds. The summed E-state index contributed by atoms with van der Waals surface area (Å²) in [4.78, 5) is 36.6. The van der Waals surface area contributed by atoms with Gasteiger partial charge in [0.25, 0.3) is 0 Å². The van der Waals surface area contributed by atoms with E-state index < -0.39 is 18.0 Å². The van der Waals surface area contributed by atoms with E-state index in [1.165, 1.54) is 10.5 Å². The van der Waals surface area contributed by atoms with Crippen LogP contribution in [0.25, 0.3) is 0 Å². The molecule has 1 unspecified atom stereocenters. The van der Waals surface area contributed by atoms with E-state index in [0.29, 0.717) is 13.0 Å². The summed E-state index contributed by atoms with van der Waals surface area (Å²) in [6.07, 6.45) is 0.633. The molecule has 2 atom stereocenters. The van der Waals surface area contributed by atoms with E-state index in [1.807, 2.05) is 24.3 Å². The summed E-state index contributed by atoms with van der Waals surface area (Å²) in [5, 5.41) is 2.27. The highest BCUT2D eigenvalue weighted by molar-refractivity contribution is 6.01. The molecule has 0 bridgehead atoms. The number of aryl methyl sites for hydroxylation is 1. The average molecular weight is 302 g/mol. The van der Waals surface area contributed by atoms with E-state index >= 15 is 0 Å². The fraction of sp³-hybridized carbons (Fsp3) is 0.438. The van der Waals surface area contributed by atoms with Crippen LogP contribution in [0.15, 0.2) is 24.3 Å². The van der Waals surface area contributed by atoms with Crippen molar-refractivity contribution in [3.05, 3.63) is 35.4 Å². The Morgan fingerprint density at radius 2 is 2.14 bits per heavy atom. The highest BCUT2D eigenvalue weighted by Gasteiger charge is 2.41. The van der Waals surface area contributed by atoms with Crippen LogP contribution in [0.5, 0.6) is 0 Å². The fourth-order valence-electron chi connectivity index (χ4n) is 2.90. The van der Waals surface area contributed by atoms with Crippen LogP contribution in [0.2, 0.25) is 0 Å². The highest BCUT2D eigenvalue weighted by atomic mass is 16.6. The number of imide groups is 1. The van der Waals surface area contributed by atoms with Crippen molar-refractivity contribution in [2.24, 2.45) is 0 Å². The van der Waals surface area contributed by atoms with Crippen LogP contribution in [0, 0.1) is 0 Å². The molecule has 2 aliphatic rings. The molecule has 2 heterocycles. The number of piperidine rings is 1. The monoisotopic (exact) mass is 302 g/mol. The van der Waals surface area contributed by atoms with Crippen LogP contribution in [0.4, 0.5) is 4.79 Å². The Balaban J connectivity index is 1.75. The highest BCUT2D eigenvalue weighted by Crippen LogP contribution is 2.29. The molecule has 0 aliphatic carbocycles. The lowest BCUT2D eigenvalue weighted by Gasteiger charge is -2.27. The van der Waals surface area contributed by atoms with Crippen LogP contribution in [-0.2, 0) is 20.7 Å². The molecule has 22 heavy (non-hydrogen) atoms. The predicted molar refractivity (Wildman–Crippen MR) is 77.9 cm³/mol. The molecule has 1 aromatic rings. The number of carbonyl (C=O) groups is 3. The largest absolute Gasteiger partial charge is 0.439 e. The maximum absolute atomic E-state index is 12.1. The van der Waals surface area contributed by atoms with E-state index in [1.54, 1.807) is 0 Å². The summed E-state index contributed by atoms with van der Waals surface area (Å²) in [5.41, 5.74) is 2.11. The van der Waals surface area contributed by atoms with E-state index in [-0.39, 0.29) is 18.4 Å². The molecule has 6 nitrogen and oxygen atoms in total. The lowest BCUT2D eigenvalue weighted by Crippen LogP contribution is -2.52. The predicted octanol–water partition coefficient (Wildman–Crippen LogP) is 1.55. The third-order valence-electron chi connectivity index (χ3n) is 4.16. The molecule has 1 aromatic carbocycles. The summed E-state index contributed by atoms with van der Waals surface area (Å²) in [6.45, 7) is 2.40. The number of cyclic esters (lactones) is 1. The van der Waals surface area contributed by atoms with Crippen LogP contribution < -0.4 is 5.32 Å². The zero-order valence-corrected chi connectivity index (χ0v) is 12.4. The van der Waals surface area contributed by atoms with E-state index in [0.717, 1.165) is 12.0 Å². The second kappa shape index (κ2) is 5.79. The van der Waals surface area contributed by atoms with Crippen molar-refractivity contribution < 1.29 is 19.1 Å². The summed E-state index contributed by atoms with van der Waals surface area (Å²) in [7, 11) is 0. The number of rotatable bonds is 3. The third-order valence-corrected chi connectivity index (χ3v) is 4.16. The first-order valence-corrected chi connectivity index (χ1v) is 7.48. The molecule has 0 saturated carbocycles. The number of carbonyl (C=O) groups excluding carboxylic acids is 3. The second-order valence-electron chi connectivity index (χ2n) is 5.59. The molecule has 0 aromatic heterocycles. The lowest BCUT2D eigenvalue weighted by atomic mass is 10.0. The van der Waals surface area contributed by atoms with Crippen LogP contribution in [0.3, 0.4) is 0 Å². The van der Waals surface area contributed by atoms with Gasteiger partial charge in [-0.1, -0.05) is 31.2 Å². The molecular weight excluding hydrogens is 284 g/mol. The smallest absolute Gasteiger partial charge is 0.411 e. The molecule has 2 saturated heterocycles. The summed E-state index contributed by atoms with van der Waals surface area (Å²) in [5.74, 6) is -0.711. The van der Waals surface area contributed by atoms with Gasteiger partial charge in [0.05, 0.1) is 6.54 Å². The maximum atomic E-state index is 12.1. The molecule has 1 N–H and O–H groups in total. The zero-order chi connectivity index (χ0) is 15.7. The molecule has 6 heteroatoms. The fourth-order valence-corrected chi connectivity index (χ4v) is 2.90. The third kappa shape index (κ3) is 2.68. The minimum absolute atomic E-state index is 0.246. The van der Waals surface area contributed by atoms with Gasteiger partial charge in [0, 0.05) is 6.42 Å². The van der Waals surface area contributed by atoms with Gasteiger partial charge in [-0.15, -0.1) is 0 Å². The zero-order valence-electron chi connectivity index (χ0n) is 12.4. The number of nitrogens with zero attached hydrogens (tertiary/aromatic N) is 1. The first-order valence-electron chi connectivity index (χ1n) is 7.48. The first-order chi connectivity index (χ1) is 10.6. The normalized spacial score (nSPS) is 25.1. The van der Waals surface area contributed by atoms with Gasteiger partial charge in [-0.2, -0.15) is 0 Å². The summed E-state index contributed by atoms with van der Waals surface area (Å²) >= 11 is 0. The minimum atomic E-state index is -0.621. The van der Waals surface area contributed by atoms with Crippen LogP contribution >= 0.6 is 0 Å². The van der Waals surface area contributed by atoms with Crippen molar-refractivity contribution in [1.29, 1.82) is 0 Å². The van der Waals surface area contributed by atoms with Gasteiger partial charge in [0.15, 0.2) is 0 Å². The van der Waals surface area contributed by atoms with Crippen LogP contribution in [-0.4, -0.2) is 35.4 Å². The van der Waals surface area contributed by atoms with Gasteiger partial charge in [0.2, 0.25) is 11.8 Å². The number of hydrogen-bond donors (Lipinski definition) is 1. The topological polar surface area (TPSA) is 75.7 Å². The summed E-state index contributed by atoms with van der Waals surface area (Å²) < 4.78 is 5.41. The Kier molecular flexibility index (Phi) is 3.83. The Morgan fingerprint density at radius 1 is 1.32 bits per heavy atom.